The van der Waals surface area contributed by atoms with Gasteiger partial charge in [-0.3, -0.25) is 9.88 Å². The third-order valence-electron chi connectivity index (χ3n) is 4.37. The van der Waals surface area contributed by atoms with Crippen LogP contribution in [0, 0.1) is 0 Å². The number of rotatable bonds is 6. The Kier molecular flexibility index (Phi) is 4.34. The fourth-order valence-electron chi connectivity index (χ4n) is 2.87. The van der Waals surface area contributed by atoms with E-state index in [4.69, 9.17) is 4.74 Å². The van der Waals surface area contributed by atoms with Gasteiger partial charge < -0.3 is 10.1 Å². The molecule has 110 valence electrons. The van der Waals surface area contributed by atoms with Crippen LogP contribution in [0.5, 0.6) is 0 Å². The maximum Gasteiger partial charge on any atom is 0.0703 e. The van der Waals surface area contributed by atoms with Crippen molar-refractivity contribution in [1.29, 1.82) is 0 Å². The molecule has 2 atom stereocenters. The Labute approximate surface area is 121 Å². The first-order chi connectivity index (χ1) is 9.72. The van der Waals surface area contributed by atoms with Gasteiger partial charge in [0.2, 0.25) is 0 Å². The van der Waals surface area contributed by atoms with E-state index in [2.05, 4.69) is 41.3 Å². The minimum atomic E-state index is 0.335. The quantitative estimate of drug-likeness (QED) is 0.861. The van der Waals surface area contributed by atoms with Crippen molar-refractivity contribution in [2.24, 2.45) is 0 Å². The highest BCUT2D eigenvalue weighted by Gasteiger charge is 2.27. The Morgan fingerprint density at radius 2 is 2.20 bits per heavy atom. The summed E-state index contributed by atoms with van der Waals surface area (Å²) in [4.78, 5) is 6.95. The number of hydrogen-bond donors (Lipinski definition) is 1. The fourth-order valence-corrected chi connectivity index (χ4v) is 2.87. The first-order valence-electron chi connectivity index (χ1n) is 7.71. The lowest BCUT2D eigenvalue weighted by molar-refractivity contribution is 0.0810. The molecule has 1 saturated heterocycles. The molecule has 2 fully saturated rings. The topological polar surface area (TPSA) is 37.4 Å². The molecule has 1 aromatic heterocycles. The van der Waals surface area contributed by atoms with Gasteiger partial charge in [0.1, 0.15) is 0 Å². The fraction of sp³-hybridized carbons (Fsp3) is 0.688. The molecule has 1 N–H and O–H groups in total. The summed E-state index contributed by atoms with van der Waals surface area (Å²) in [5, 5.41) is 3.52. The van der Waals surface area contributed by atoms with Gasteiger partial charge in [-0.15, -0.1) is 0 Å². The molecule has 0 spiro atoms. The number of nitrogens with zero attached hydrogens (tertiary/aromatic N) is 2. The van der Waals surface area contributed by atoms with Gasteiger partial charge in [0.05, 0.1) is 11.8 Å². The second-order valence-corrected chi connectivity index (χ2v) is 6.16. The second kappa shape index (κ2) is 6.20. The molecule has 1 aromatic rings. The molecule has 0 radical (unpaired) electrons. The molecule has 1 aliphatic carbocycles. The number of nitrogens with one attached hydrogen (secondary N) is 1. The zero-order valence-electron chi connectivity index (χ0n) is 12.5. The molecule has 0 bridgehead atoms. The van der Waals surface area contributed by atoms with E-state index in [1.165, 1.54) is 18.4 Å². The largest absolute Gasteiger partial charge is 0.377 e. The number of pyridine rings is 1. The van der Waals surface area contributed by atoms with Gasteiger partial charge in [-0.1, -0.05) is 6.07 Å². The molecule has 4 nitrogen and oxygen atoms in total. The van der Waals surface area contributed by atoms with E-state index in [1.807, 2.05) is 6.20 Å². The lowest BCUT2D eigenvalue weighted by Gasteiger charge is -2.26. The lowest BCUT2D eigenvalue weighted by atomic mass is 10.1. The van der Waals surface area contributed by atoms with Gasteiger partial charge in [-0.05, 0) is 44.9 Å². The molecule has 3 rings (SSSR count). The van der Waals surface area contributed by atoms with E-state index < -0.39 is 0 Å². The first-order valence-corrected chi connectivity index (χ1v) is 7.71. The molecule has 2 aliphatic rings. The number of likely N-dealkylation sites (N-methyl/N-ethyl adjacent to an activating group) is 1. The van der Waals surface area contributed by atoms with E-state index >= 15 is 0 Å². The molecule has 1 aliphatic heterocycles. The predicted octanol–water partition coefficient (Wildman–Crippen LogP) is 1.94. The number of hydrogen-bond acceptors (Lipinski definition) is 4. The van der Waals surface area contributed by atoms with Crippen LogP contribution in [0.25, 0.3) is 0 Å². The Hall–Kier alpha value is -0.970. The van der Waals surface area contributed by atoms with Crippen molar-refractivity contribution in [3.63, 3.8) is 0 Å². The maximum absolute atomic E-state index is 5.63. The highest BCUT2D eigenvalue weighted by molar-refractivity contribution is 5.14. The van der Waals surface area contributed by atoms with Crippen LogP contribution in [0.4, 0.5) is 0 Å². The highest BCUT2D eigenvalue weighted by Crippen LogP contribution is 2.20. The van der Waals surface area contributed by atoms with Crippen molar-refractivity contribution in [3.05, 3.63) is 29.6 Å². The Morgan fingerprint density at radius 3 is 2.80 bits per heavy atom. The summed E-state index contributed by atoms with van der Waals surface area (Å²) in [6, 6.07) is 5.62. The summed E-state index contributed by atoms with van der Waals surface area (Å²) >= 11 is 0. The second-order valence-electron chi connectivity index (χ2n) is 6.16. The van der Waals surface area contributed by atoms with Crippen molar-refractivity contribution in [1.82, 2.24) is 15.2 Å². The molecule has 0 amide bonds. The monoisotopic (exact) mass is 275 g/mol. The van der Waals surface area contributed by atoms with Crippen molar-refractivity contribution in [3.8, 4) is 0 Å². The molecular weight excluding hydrogens is 250 g/mol. The average molecular weight is 275 g/mol. The molecule has 20 heavy (non-hydrogen) atoms. The van der Waals surface area contributed by atoms with Gasteiger partial charge in [0.15, 0.2) is 0 Å². The molecule has 2 heterocycles. The smallest absolute Gasteiger partial charge is 0.0703 e. The minimum Gasteiger partial charge on any atom is -0.377 e. The third-order valence-corrected chi connectivity index (χ3v) is 4.37. The highest BCUT2D eigenvalue weighted by atomic mass is 16.5. The van der Waals surface area contributed by atoms with E-state index in [-0.39, 0.29) is 0 Å². The summed E-state index contributed by atoms with van der Waals surface area (Å²) in [5.74, 6) is 0. The van der Waals surface area contributed by atoms with Crippen LogP contribution in [0.3, 0.4) is 0 Å². The van der Waals surface area contributed by atoms with Crippen LogP contribution in [-0.4, -0.2) is 41.7 Å². The number of aromatic nitrogens is 1. The SMILES string of the molecule is CC1OCCC1N(C)Cc1ccc(CNC2CC2)cn1. The van der Waals surface area contributed by atoms with Crippen LogP contribution in [-0.2, 0) is 17.8 Å². The Balaban J connectivity index is 1.51. The van der Waals surface area contributed by atoms with Gasteiger partial charge in [-0.25, -0.2) is 0 Å². The Morgan fingerprint density at radius 1 is 1.35 bits per heavy atom. The number of ether oxygens (including phenoxy) is 1. The summed E-state index contributed by atoms with van der Waals surface area (Å²) < 4.78 is 5.63. The van der Waals surface area contributed by atoms with Crippen LogP contribution in [0.15, 0.2) is 18.3 Å². The van der Waals surface area contributed by atoms with Gasteiger partial charge in [0, 0.05) is 38.0 Å². The van der Waals surface area contributed by atoms with Crippen LogP contribution in [0.2, 0.25) is 0 Å². The molecule has 0 aromatic carbocycles. The summed E-state index contributed by atoms with van der Waals surface area (Å²) in [5.41, 5.74) is 2.42. The van der Waals surface area contributed by atoms with E-state index in [9.17, 15) is 0 Å². The Bertz CT molecular complexity index is 430. The molecule has 4 heteroatoms. The summed E-state index contributed by atoms with van der Waals surface area (Å²) in [6.07, 6.45) is 6.13. The van der Waals surface area contributed by atoms with Crippen LogP contribution in [0.1, 0.15) is 37.4 Å². The minimum absolute atomic E-state index is 0.335. The average Bonchev–Trinajstić information content (AvgIpc) is 3.18. The summed E-state index contributed by atoms with van der Waals surface area (Å²) in [6.45, 7) is 4.89. The maximum atomic E-state index is 5.63. The normalized spacial score (nSPS) is 26.4. The van der Waals surface area contributed by atoms with Crippen LogP contribution >= 0.6 is 0 Å². The van der Waals surface area contributed by atoms with Gasteiger partial charge in [0.25, 0.3) is 0 Å². The lowest BCUT2D eigenvalue weighted by Crippen LogP contribution is -2.36. The zero-order valence-corrected chi connectivity index (χ0v) is 12.5. The first kappa shape index (κ1) is 14.0. The molecule has 1 saturated carbocycles. The molecule has 2 unspecified atom stereocenters. The van der Waals surface area contributed by atoms with Crippen molar-refractivity contribution >= 4 is 0 Å². The van der Waals surface area contributed by atoms with Crippen molar-refractivity contribution in [2.75, 3.05) is 13.7 Å². The standard InChI is InChI=1S/C16H25N3O/c1-12-16(7-8-20-12)19(2)11-15-4-3-13(10-18-15)9-17-14-5-6-14/h3-4,10,12,14,16-17H,5-9,11H2,1-2H3. The zero-order chi connectivity index (χ0) is 13.9. The third kappa shape index (κ3) is 3.57. The van der Waals surface area contributed by atoms with E-state index in [1.54, 1.807) is 0 Å². The molecular formula is C16H25N3O. The van der Waals surface area contributed by atoms with E-state index in [0.29, 0.717) is 12.1 Å². The summed E-state index contributed by atoms with van der Waals surface area (Å²) in [7, 11) is 2.17. The van der Waals surface area contributed by atoms with Crippen molar-refractivity contribution in [2.45, 2.75) is 57.5 Å². The van der Waals surface area contributed by atoms with Gasteiger partial charge >= 0.3 is 0 Å². The van der Waals surface area contributed by atoms with Gasteiger partial charge in [-0.2, -0.15) is 0 Å². The van der Waals surface area contributed by atoms with Crippen molar-refractivity contribution < 1.29 is 4.74 Å². The predicted molar refractivity (Wildman–Crippen MR) is 79.4 cm³/mol. The van der Waals surface area contributed by atoms with E-state index in [0.717, 1.165) is 37.9 Å². The van der Waals surface area contributed by atoms with Crippen LogP contribution < -0.4 is 5.32 Å².